The van der Waals surface area contributed by atoms with Crippen molar-refractivity contribution in [2.45, 2.75) is 5.78 Å². The molecular weight excluding hydrogens is 145 g/mol. The Balaban J connectivity index is 3.96. The van der Waals surface area contributed by atoms with Crippen molar-refractivity contribution in [3.05, 3.63) is 0 Å². The molecule has 0 bridgehead atoms. The minimum absolute atomic E-state index is 0.555. The standard InChI is InChI=1S/C3H10NO4P/c1-4-3(2-5)9(6,7)8/h3-5H,2H2,1H3,(H2,6,7,8). The van der Waals surface area contributed by atoms with Gasteiger partial charge in [-0.3, -0.25) is 4.57 Å². The van der Waals surface area contributed by atoms with Crippen LogP contribution in [0, 0.1) is 0 Å². The van der Waals surface area contributed by atoms with E-state index >= 15 is 0 Å². The Hall–Kier alpha value is 0.0700. The SMILES string of the molecule is CNC(CO)P(=O)(O)O. The maximum atomic E-state index is 10.3. The fraction of sp³-hybridized carbons (Fsp3) is 1.00. The summed E-state index contributed by atoms with van der Waals surface area (Å²) in [5.74, 6) is -1.13. The second-order valence-corrected chi connectivity index (χ2v) is 3.38. The Kier molecular flexibility index (Phi) is 3.32. The highest BCUT2D eigenvalue weighted by atomic mass is 31.2. The van der Waals surface area contributed by atoms with Crippen molar-refractivity contribution in [1.29, 1.82) is 0 Å². The summed E-state index contributed by atoms with van der Waals surface area (Å²) in [7, 11) is -2.76. The first kappa shape index (κ1) is 9.07. The minimum atomic E-state index is -4.14. The van der Waals surface area contributed by atoms with E-state index in [1.165, 1.54) is 7.05 Å². The molecule has 9 heavy (non-hydrogen) atoms. The van der Waals surface area contributed by atoms with E-state index in [0.29, 0.717) is 0 Å². The van der Waals surface area contributed by atoms with E-state index in [1.54, 1.807) is 0 Å². The number of likely N-dealkylation sites (N-methyl/N-ethyl adjacent to an activating group) is 1. The second kappa shape index (κ2) is 3.29. The Morgan fingerprint density at radius 3 is 2.11 bits per heavy atom. The maximum absolute atomic E-state index is 10.3. The first-order valence-electron chi connectivity index (χ1n) is 2.35. The smallest absolute Gasteiger partial charge is 0.344 e. The molecular formula is C3H10NO4P. The summed E-state index contributed by atoms with van der Waals surface area (Å²) in [4.78, 5) is 16.7. The third-order valence-electron chi connectivity index (χ3n) is 0.912. The van der Waals surface area contributed by atoms with Gasteiger partial charge in [0.15, 0.2) is 0 Å². The van der Waals surface area contributed by atoms with Crippen LogP contribution in [0.2, 0.25) is 0 Å². The largest absolute Gasteiger partial charge is 0.394 e. The summed E-state index contributed by atoms with van der Waals surface area (Å²) in [6, 6.07) is 0. The number of hydrogen-bond donors (Lipinski definition) is 4. The van der Waals surface area contributed by atoms with Crippen LogP contribution in [0.1, 0.15) is 0 Å². The van der Waals surface area contributed by atoms with Gasteiger partial charge in [0.1, 0.15) is 5.78 Å². The molecule has 56 valence electrons. The van der Waals surface area contributed by atoms with Gasteiger partial charge in [-0.25, -0.2) is 0 Å². The topological polar surface area (TPSA) is 89.8 Å². The normalized spacial score (nSPS) is 15.6. The average molecular weight is 155 g/mol. The van der Waals surface area contributed by atoms with Crippen LogP contribution in [0.15, 0.2) is 0 Å². The van der Waals surface area contributed by atoms with Gasteiger partial charge in [0, 0.05) is 0 Å². The molecule has 0 amide bonds. The Labute approximate surface area is 52.9 Å². The molecule has 0 aromatic carbocycles. The summed E-state index contributed by atoms with van der Waals surface area (Å²) in [6.45, 7) is -0.555. The zero-order valence-electron chi connectivity index (χ0n) is 4.98. The van der Waals surface area contributed by atoms with Crippen LogP contribution in [-0.2, 0) is 4.57 Å². The van der Waals surface area contributed by atoms with E-state index < -0.39 is 20.0 Å². The molecule has 5 nitrogen and oxygen atoms in total. The summed E-state index contributed by atoms with van der Waals surface area (Å²) >= 11 is 0. The van der Waals surface area contributed by atoms with E-state index in [1.807, 2.05) is 0 Å². The number of rotatable bonds is 3. The summed E-state index contributed by atoms with van der Waals surface area (Å²) in [5, 5.41) is 10.6. The molecule has 6 heteroatoms. The first-order chi connectivity index (χ1) is 4.02. The van der Waals surface area contributed by atoms with Crippen molar-refractivity contribution in [2.24, 2.45) is 0 Å². The first-order valence-corrected chi connectivity index (χ1v) is 4.04. The minimum Gasteiger partial charge on any atom is -0.394 e. The van der Waals surface area contributed by atoms with Crippen LogP contribution in [0.3, 0.4) is 0 Å². The summed E-state index contributed by atoms with van der Waals surface area (Å²) in [5.41, 5.74) is 0. The van der Waals surface area contributed by atoms with Crippen LogP contribution in [0.25, 0.3) is 0 Å². The van der Waals surface area contributed by atoms with Gasteiger partial charge in [-0.1, -0.05) is 0 Å². The van der Waals surface area contributed by atoms with Crippen molar-refractivity contribution in [2.75, 3.05) is 13.7 Å². The second-order valence-electron chi connectivity index (χ2n) is 1.58. The Bertz CT molecular complexity index is 117. The molecule has 0 radical (unpaired) electrons. The zero-order valence-corrected chi connectivity index (χ0v) is 5.88. The van der Waals surface area contributed by atoms with Crippen LogP contribution in [0.5, 0.6) is 0 Å². The van der Waals surface area contributed by atoms with Crippen molar-refractivity contribution in [3.8, 4) is 0 Å². The zero-order chi connectivity index (χ0) is 7.49. The molecule has 1 atom stereocenters. The van der Waals surface area contributed by atoms with Gasteiger partial charge in [0.25, 0.3) is 0 Å². The molecule has 0 saturated heterocycles. The number of hydrogen-bond acceptors (Lipinski definition) is 3. The average Bonchev–Trinajstić information content (AvgIpc) is 1.65. The van der Waals surface area contributed by atoms with Gasteiger partial charge in [-0.05, 0) is 7.05 Å². The molecule has 0 aliphatic heterocycles. The Morgan fingerprint density at radius 2 is 2.11 bits per heavy atom. The summed E-state index contributed by atoms with van der Waals surface area (Å²) < 4.78 is 10.3. The quantitative estimate of drug-likeness (QED) is 0.380. The van der Waals surface area contributed by atoms with Crippen molar-refractivity contribution in [3.63, 3.8) is 0 Å². The Morgan fingerprint density at radius 1 is 1.67 bits per heavy atom. The van der Waals surface area contributed by atoms with Crippen LogP contribution in [0.4, 0.5) is 0 Å². The van der Waals surface area contributed by atoms with E-state index in [4.69, 9.17) is 14.9 Å². The van der Waals surface area contributed by atoms with Gasteiger partial charge in [-0.15, -0.1) is 0 Å². The van der Waals surface area contributed by atoms with Gasteiger partial charge in [-0.2, -0.15) is 0 Å². The molecule has 0 aromatic heterocycles. The molecule has 0 aliphatic rings. The van der Waals surface area contributed by atoms with Gasteiger partial charge < -0.3 is 20.2 Å². The third kappa shape index (κ3) is 2.93. The fourth-order valence-electron chi connectivity index (χ4n) is 0.366. The molecule has 0 rings (SSSR count). The van der Waals surface area contributed by atoms with Gasteiger partial charge in [0.2, 0.25) is 0 Å². The molecule has 0 fully saturated rings. The maximum Gasteiger partial charge on any atom is 0.344 e. The monoisotopic (exact) mass is 155 g/mol. The molecule has 1 unspecified atom stereocenters. The third-order valence-corrected chi connectivity index (χ3v) is 2.15. The van der Waals surface area contributed by atoms with Crippen LogP contribution >= 0.6 is 7.60 Å². The number of nitrogens with one attached hydrogen (secondary N) is 1. The number of aliphatic hydroxyl groups is 1. The summed E-state index contributed by atoms with van der Waals surface area (Å²) in [6.07, 6.45) is 0. The molecule has 0 aromatic rings. The lowest BCUT2D eigenvalue weighted by atomic mass is 10.7. The van der Waals surface area contributed by atoms with Crippen molar-refractivity contribution >= 4 is 7.60 Å². The predicted molar refractivity (Wildman–Crippen MR) is 32.0 cm³/mol. The fourth-order valence-corrected chi connectivity index (χ4v) is 0.915. The lowest BCUT2D eigenvalue weighted by molar-refractivity contribution is 0.253. The van der Waals surface area contributed by atoms with E-state index in [0.717, 1.165) is 0 Å². The highest BCUT2D eigenvalue weighted by Crippen LogP contribution is 2.38. The highest BCUT2D eigenvalue weighted by Gasteiger charge is 2.25. The molecule has 0 spiro atoms. The molecule has 0 saturated carbocycles. The van der Waals surface area contributed by atoms with Crippen LogP contribution < -0.4 is 5.32 Å². The van der Waals surface area contributed by atoms with E-state index in [-0.39, 0.29) is 0 Å². The predicted octanol–water partition coefficient (Wildman–Crippen LogP) is -1.30. The lowest BCUT2D eigenvalue weighted by Crippen LogP contribution is -2.28. The lowest BCUT2D eigenvalue weighted by Gasteiger charge is -2.13. The van der Waals surface area contributed by atoms with E-state index in [9.17, 15) is 4.57 Å². The van der Waals surface area contributed by atoms with E-state index in [2.05, 4.69) is 5.32 Å². The van der Waals surface area contributed by atoms with Crippen molar-refractivity contribution in [1.82, 2.24) is 5.32 Å². The molecule has 0 heterocycles. The number of aliphatic hydroxyl groups excluding tert-OH is 1. The highest BCUT2D eigenvalue weighted by molar-refractivity contribution is 7.52. The van der Waals surface area contributed by atoms with Crippen LogP contribution in [-0.4, -0.2) is 34.3 Å². The molecule has 4 N–H and O–H groups in total. The molecule has 0 aliphatic carbocycles. The van der Waals surface area contributed by atoms with Gasteiger partial charge in [0.05, 0.1) is 6.61 Å². The van der Waals surface area contributed by atoms with Gasteiger partial charge >= 0.3 is 7.60 Å². The van der Waals surface area contributed by atoms with Crippen molar-refractivity contribution < 1.29 is 19.5 Å².